The van der Waals surface area contributed by atoms with Crippen molar-refractivity contribution in [2.24, 2.45) is 0 Å². The highest BCUT2D eigenvalue weighted by Crippen LogP contribution is 2.32. The summed E-state index contributed by atoms with van der Waals surface area (Å²) >= 11 is 6.27. The lowest BCUT2D eigenvalue weighted by molar-refractivity contribution is 0.102. The maximum atomic E-state index is 12.8. The summed E-state index contributed by atoms with van der Waals surface area (Å²) in [6.07, 6.45) is 0. The van der Waals surface area contributed by atoms with Crippen LogP contribution >= 0.6 is 11.6 Å². The lowest BCUT2D eigenvalue weighted by atomic mass is 10.1. The maximum Gasteiger partial charge on any atom is 0.259 e. The van der Waals surface area contributed by atoms with Gasteiger partial charge in [0.1, 0.15) is 5.76 Å². The van der Waals surface area contributed by atoms with E-state index in [9.17, 15) is 4.79 Å². The number of furan rings is 1. The molecule has 24 heavy (non-hydrogen) atoms. The fraction of sp³-hybridized carbons (Fsp3) is 0.211. The molecule has 0 radical (unpaired) electrons. The first kappa shape index (κ1) is 16.4. The van der Waals surface area contributed by atoms with Gasteiger partial charge in [0.2, 0.25) is 0 Å². The van der Waals surface area contributed by atoms with Gasteiger partial charge in [0.05, 0.1) is 22.0 Å². The van der Waals surface area contributed by atoms with Gasteiger partial charge in [0.15, 0.2) is 5.58 Å². The third kappa shape index (κ3) is 2.74. The molecule has 0 aliphatic rings. The van der Waals surface area contributed by atoms with Gasteiger partial charge < -0.3 is 14.6 Å². The molecule has 0 bridgehead atoms. The highest BCUT2D eigenvalue weighted by atomic mass is 35.5. The number of benzene rings is 2. The summed E-state index contributed by atoms with van der Waals surface area (Å²) in [7, 11) is 3.75. The van der Waals surface area contributed by atoms with Crippen molar-refractivity contribution < 1.29 is 9.21 Å². The number of carbonyl (C=O) groups is 1. The number of nitrogens with one attached hydrogen (secondary N) is 1. The minimum Gasteiger partial charge on any atom is -0.459 e. The van der Waals surface area contributed by atoms with E-state index in [1.165, 1.54) is 0 Å². The van der Waals surface area contributed by atoms with Gasteiger partial charge in [-0.3, -0.25) is 4.79 Å². The number of anilines is 2. The summed E-state index contributed by atoms with van der Waals surface area (Å²) in [5.41, 5.74) is 3.60. The molecule has 5 heteroatoms. The topological polar surface area (TPSA) is 45.5 Å². The normalized spacial score (nSPS) is 10.9. The van der Waals surface area contributed by atoms with Gasteiger partial charge in [-0.25, -0.2) is 0 Å². The summed E-state index contributed by atoms with van der Waals surface area (Å²) in [6.45, 7) is 3.92. The van der Waals surface area contributed by atoms with Crippen molar-refractivity contribution in [2.45, 2.75) is 13.8 Å². The average Bonchev–Trinajstić information content (AvgIpc) is 2.83. The number of fused-ring (bicyclic) bond motifs is 1. The Balaban J connectivity index is 2.04. The molecule has 1 aromatic heterocycles. The van der Waals surface area contributed by atoms with Crippen LogP contribution in [0, 0.1) is 13.8 Å². The second-order valence-electron chi connectivity index (χ2n) is 5.95. The van der Waals surface area contributed by atoms with Gasteiger partial charge in [0, 0.05) is 19.5 Å². The molecule has 124 valence electrons. The second-order valence-corrected chi connectivity index (χ2v) is 6.36. The molecule has 1 N–H and O–H groups in total. The maximum absolute atomic E-state index is 12.8. The van der Waals surface area contributed by atoms with Gasteiger partial charge >= 0.3 is 0 Å². The minimum absolute atomic E-state index is 0.261. The molecular weight excluding hydrogens is 324 g/mol. The summed E-state index contributed by atoms with van der Waals surface area (Å²) in [5, 5.41) is 4.35. The molecule has 0 fully saturated rings. The van der Waals surface area contributed by atoms with E-state index in [4.69, 9.17) is 16.0 Å². The largest absolute Gasteiger partial charge is 0.459 e. The van der Waals surface area contributed by atoms with Crippen LogP contribution in [0.4, 0.5) is 11.4 Å². The third-order valence-corrected chi connectivity index (χ3v) is 4.47. The van der Waals surface area contributed by atoms with Gasteiger partial charge in [-0.2, -0.15) is 0 Å². The quantitative estimate of drug-likeness (QED) is 0.726. The zero-order chi connectivity index (χ0) is 17.4. The molecule has 1 heterocycles. The molecule has 0 saturated carbocycles. The number of para-hydroxylation sites is 1. The number of nitrogens with zero attached hydrogens (tertiary/aromatic N) is 1. The Bertz CT molecular complexity index is 929. The van der Waals surface area contributed by atoms with Gasteiger partial charge in [-0.15, -0.1) is 0 Å². The summed E-state index contributed by atoms with van der Waals surface area (Å²) in [6, 6.07) is 11.1. The average molecular weight is 343 g/mol. The predicted octanol–water partition coefficient (Wildman–Crippen LogP) is 5.02. The molecule has 1 amide bonds. The number of carbonyl (C=O) groups excluding carboxylic acids is 1. The van der Waals surface area contributed by atoms with Gasteiger partial charge in [-0.05, 0) is 37.6 Å². The number of rotatable bonds is 3. The molecule has 0 aliphatic carbocycles. The lowest BCUT2D eigenvalue weighted by Crippen LogP contribution is -2.19. The molecule has 3 aromatic rings. The molecule has 4 nitrogen and oxygen atoms in total. The number of amides is 1. The first-order valence-electron chi connectivity index (χ1n) is 7.66. The highest BCUT2D eigenvalue weighted by molar-refractivity contribution is 6.35. The van der Waals surface area contributed by atoms with E-state index < -0.39 is 0 Å². The fourth-order valence-electron chi connectivity index (χ4n) is 2.76. The SMILES string of the molecule is Cc1oc2c(NC(=O)c3c(Cl)cccc3N(C)C)cccc2c1C. The molecule has 0 atom stereocenters. The first-order valence-corrected chi connectivity index (χ1v) is 8.04. The molecule has 0 saturated heterocycles. The smallest absolute Gasteiger partial charge is 0.259 e. The molecule has 0 aliphatic heterocycles. The summed E-state index contributed by atoms with van der Waals surface area (Å²) < 4.78 is 5.82. The third-order valence-electron chi connectivity index (χ3n) is 4.15. The Kier molecular flexibility index (Phi) is 4.24. The Labute approximate surface area is 146 Å². The van der Waals surface area contributed by atoms with E-state index in [0.717, 1.165) is 22.4 Å². The summed E-state index contributed by atoms with van der Waals surface area (Å²) in [4.78, 5) is 14.7. The van der Waals surface area contributed by atoms with E-state index in [1.54, 1.807) is 6.07 Å². The van der Waals surface area contributed by atoms with Crippen LogP contribution in [0.5, 0.6) is 0 Å². The Hall–Kier alpha value is -2.46. The van der Waals surface area contributed by atoms with Crippen molar-refractivity contribution in [3.05, 3.63) is 58.3 Å². The Morgan fingerprint density at radius 3 is 2.54 bits per heavy atom. The van der Waals surface area contributed by atoms with Crippen LogP contribution in [0.3, 0.4) is 0 Å². The van der Waals surface area contributed by atoms with Crippen LogP contribution < -0.4 is 10.2 Å². The standard InChI is InChI=1S/C19H19ClN2O2/c1-11-12(2)24-18-13(11)7-5-9-15(18)21-19(23)17-14(20)8-6-10-16(17)22(3)4/h5-10H,1-4H3,(H,21,23). The summed E-state index contributed by atoms with van der Waals surface area (Å²) in [5.74, 6) is 0.585. The van der Waals surface area contributed by atoms with Crippen LogP contribution in [-0.4, -0.2) is 20.0 Å². The lowest BCUT2D eigenvalue weighted by Gasteiger charge is -2.18. The minimum atomic E-state index is -0.261. The van der Waals surface area contributed by atoms with Crippen molar-refractivity contribution in [2.75, 3.05) is 24.3 Å². The number of halogens is 1. The fourth-order valence-corrected chi connectivity index (χ4v) is 3.01. The van der Waals surface area contributed by atoms with E-state index >= 15 is 0 Å². The second kappa shape index (κ2) is 6.21. The Morgan fingerprint density at radius 1 is 1.12 bits per heavy atom. The van der Waals surface area contributed by atoms with Gasteiger partial charge in [-0.1, -0.05) is 29.8 Å². The molecule has 0 spiro atoms. The van der Waals surface area contributed by atoms with E-state index in [2.05, 4.69) is 5.32 Å². The van der Waals surface area contributed by atoms with Crippen molar-refractivity contribution >= 4 is 39.9 Å². The number of aryl methyl sites for hydroxylation is 2. The zero-order valence-corrected chi connectivity index (χ0v) is 14.9. The molecule has 3 rings (SSSR count). The Morgan fingerprint density at radius 2 is 1.83 bits per heavy atom. The molecule has 0 unspecified atom stereocenters. The van der Waals surface area contributed by atoms with E-state index in [0.29, 0.717) is 21.9 Å². The van der Waals surface area contributed by atoms with Crippen molar-refractivity contribution in [3.63, 3.8) is 0 Å². The van der Waals surface area contributed by atoms with Crippen LogP contribution in [0.25, 0.3) is 11.0 Å². The van der Waals surface area contributed by atoms with Crippen LogP contribution in [0.2, 0.25) is 5.02 Å². The number of hydrogen-bond donors (Lipinski definition) is 1. The zero-order valence-electron chi connectivity index (χ0n) is 14.1. The monoisotopic (exact) mass is 342 g/mol. The van der Waals surface area contributed by atoms with Crippen molar-refractivity contribution in [1.29, 1.82) is 0 Å². The van der Waals surface area contributed by atoms with Crippen molar-refractivity contribution in [1.82, 2.24) is 0 Å². The molecule has 2 aromatic carbocycles. The van der Waals surface area contributed by atoms with Gasteiger partial charge in [0.25, 0.3) is 5.91 Å². The van der Waals surface area contributed by atoms with Crippen LogP contribution in [0.1, 0.15) is 21.7 Å². The predicted molar refractivity (Wildman–Crippen MR) is 99.4 cm³/mol. The first-order chi connectivity index (χ1) is 11.4. The van der Waals surface area contributed by atoms with E-state index in [1.807, 2.05) is 63.2 Å². The number of hydrogen-bond acceptors (Lipinski definition) is 3. The van der Waals surface area contributed by atoms with E-state index in [-0.39, 0.29) is 5.91 Å². The van der Waals surface area contributed by atoms with Crippen LogP contribution in [0.15, 0.2) is 40.8 Å². The highest BCUT2D eigenvalue weighted by Gasteiger charge is 2.19. The van der Waals surface area contributed by atoms with Crippen LogP contribution in [-0.2, 0) is 0 Å². The van der Waals surface area contributed by atoms with Crippen molar-refractivity contribution in [3.8, 4) is 0 Å². The molecular formula is C19H19ClN2O2.